The molecule has 1 fully saturated rings. The maximum absolute atomic E-state index is 12.0. The monoisotopic (exact) mass is 332 g/mol. The number of methoxy groups -OCH3 is 1. The van der Waals surface area contributed by atoms with Gasteiger partial charge in [0, 0.05) is 19.5 Å². The highest BCUT2D eigenvalue weighted by Gasteiger charge is 2.29. The molecule has 1 aromatic carbocycles. The number of carbonyl (C=O) groups excluding carboxylic acids is 1. The summed E-state index contributed by atoms with van der Waals surface area (Å²) >= 11 is 1.42. The lowest BCUT2D eigenvalue weighted by Crippen LogP contribution is -2.24. The molecule has 0 spiro atoms. The Morgan fingerprint density at radius 3 is 2.74 bits per heavy atom. The van der Waals surface area contributed by atoms with E-state index in [0.717, 1.165) is 22.3 Å². The average Bonchev–Trinajstić information content (AvgIpc) is 3.35. The van der Waals surface area contributed by atoms with Crippen molar-refractivity contribution in [3.05, 3.63) is 35.7 Å². The molecule has 0 radical (unpaired) electrons. The van der Waals surface area contributed by atoms with Crippen LogP contribution in [-0.4, -0.2) is 33.5 Å². The summed E-state index contributed by atoms with van der Waals surface area (Å²) in [5.74, 6) is 2.73. The van der Waals surface area contributed by atoms with E-state index < -0.39 is 0 Å². The minimum absolute atomic E-state index is 0.0122. The minimum atomic E-state index is -0.0122. The van der Waals surface area contributed by atoms with Crippen LogP contribution in [0, 0.1) is 0 Å². The SMILES string of the molecule is COc1ccc(CNC(=O)CSc2nnc(C3CC3)n2C)cc1. The van der Waals surface area contributed by atoms with Gasteiger partial charge in [-0.25, -0.2) is 0 Å². The van der Waals surface area contributed by atoms with Gasteiger partial charge in [0.15, 0.2) is 5.16 Å². The van der Waals surface area contributed by atoms with Gasteiger partial charge in [0.1, 0.15) is 11.6 Å². The van der Waals surface area contributed by atoms with Crippen LogP contribution >= 0.6 is 11.8 Å². The van der Waals surface area contributed by atoms with Gasteiger partial charge in [0.05, 0.1) is 12.9 Å². The molecule has 1 N–H and O–H groups in total. The van der Waals surface area contributed by atoms with E-state index in [9.17, 15) is 4.79 Å². The van der Waals surface area contributed by atoms with Gasteiger partial charge in [-0.15, -0.1) is 10.2 Å². The molecule has 23 heavy (non-hydrogen) atoms. The Labute approximate surface area is 139 Å². The van der Waals surface area contributed by atoms with Crippen molar-refractivity contribution in [1.29, 1.82) is 0 Å². The first-order valence-corrected chi connectivity index (χ1v) is 8.57. The predicted molar refractivity (Wildman–Crippen MR) is 88.5 cm³/mol. The molecule has 0 aliphatic heterocycles. The second kappa shape index (κ2) is 7.04. The van der Waals surface area contributed by atoms with Gasteiger partial charge in [0.25, 0.3) is 0 Å². The Balaban J connectivity index is 1.45. The second-order valence-electron chi connectivity index (χ2n) is 5.59. The third kappa shape index (κ3) is 4.04. The number of nitrogens with one attached hydrogen (secondary N) is 1. The van der Waals surface area contributed by atoms with Gasteiger partial charge in [-0.3, -0.25) is 4.79 Å². The quantitative estimate of drug-likeness (QED) is 0.787. The number of hydrogen-bond donors (Lipinski definition) is 1. The summed E-state index contributed by atoms with van der Waals surface area (Å²) in [5.41, 5.74) is 1.04. The van der Waals surface area contributed by atoms with Crippen LogP contribution < -0.4 is 10.1 Å². The lowest BCUT2D eigenvalue weighted by atomic mass is 10.2. The zero-order valence-electron chi connectivity index (χ0n) is 13.3. The van der Waals surface area contributed by atoms with Crippen molar-refractivity contribution in [3.63, 3.8) is 0 Å². The third-order valence-electron chi connectivity index (χ3n) is 3.79. The van der Waals surface area contributed by atoms with Crippen LogP contribution in [-0.2, 0) is 18.4 Å². The number of rotatable bonds is 7. The number of hydrogen-bond acceptors (Lipinski definition) is 5. The summed E-state index contributed by atoms with van der Waals surface area (Å²) in [6.45, 7) is 0.509. The first-order valence-electron chi connectivity index (χ1n) is 7.59. The third-order valence-corrected chi connectivity index (χ3v) is 4.81. The van der Waals surface area contributed by atoms with E-state index >= 15 is 0 Å². The molecule has 122 valence electrons. The molecule has 3 rings (SSSR count). The van der Waals surface area contributed by atoms with Crippen LogP contribution in [0.15, 0.2) is 29.4 Å². The molecule has 0 saturated heterocycles. The summed E-state index contributed by atoms with van der Waals surface area (Å²) in [4.78, 5) is 12.0. The van der Waals surface area contributed by atoms with Crippen LogP contribution in [0.3, 0.4) is 0 Å². The number of benzene rings is 1. The van der Waals surface area contributed by atoms with Crippen LogP contribution in [0.1, 0.15) is 30.1 Å². The van der Waals surface area contributed by atoms with E-state index in [1.54, 1.807) is 7.11 Å². The molecule has 1 aliphatic carbocycles. The number of carbonyl (C=O) groups is 1. The molecule has 6 nitrogen and oxygen atoms in total. The van der Waals surface area contributed by atoms with E-state index in [-0.39, 0.29) is 5.91 Å². The zero-order valence-corrected chi connectivity index (χ0v) is 14.1. The molecule has 1 aromatic heterocycles. The zero-order chi connectivity index (χ0) is 16.2. The minimum Gasteiger partial charge on any atom is -0.497 e. The predicted octanol–water partition coefficient (Wildman–Crippen LogP) is 2.11. The van der Waals surface area contributed by atoms with E-state index in [2.05, 4.69) is 15.5 Å². The van der Waals surface area contributed by atoms with E-state index in [1.807, 2.05) is 35.9 Å². The van der Waals surface area contributed by atoms with Gasteiger partial charge in [-0.1, -0.05) is 23.9 Å². The molecule has 1 amide bonds. The highest BCUT2D eigenvalue weighted by molar-refractivity contribution is 7.99. The highest BCUT2D eigenvalue weighted by atomic mass is 32.2. The fourth-order valence-electron chi connectivity index (χ4n) is 2.27. The lowest BCUT2D eigenvalue weighted by molar-refractivity contribution is -0.118. The number of nitrogens with zero attached hydrogens (tertiary/aromatic N) is 3. The molecule has 2 aromatic rings. The molecule has 7 heteroatoms. The maximum atomic E-state index is 12.0. The van der Waals surface area contributed by atoms with Crippen LogP contribution in [0.4, 0.5) is 0 Å². The fraction of sp³-hybridized carbons (Fsp3) is 0.438. The van der Waals surface area contributed by atoms with E-state index in [4.69, 9.17) is 4.74 Å². The van der Waals surface area contributed by atoms with Gasteiger partial charge in [0.2, 0.25) is 5.91 Å². The Morgan fingerprint density at radius 1 is 1.35 bits per heavy atom. The topological polar surface area (TPSA) is 69.0 Å². The lowest BCUT2D eigenvalue weighted by Gasteiger charge is -2.06. The smallest absolute Gasteiger partial charge is 0.230 e. The van der Waals surface area contributed by atoms with Crippen molar-refractivity contribution in [3.8, 4) is 5.75 Å². The van der Waals surface area contributed by atoms with Gasteiger partial charge >= 0.3 is 0 Å². The second-order valence-corrected chi connectivity index (χ2v) is 6.53. The summed E-state index contributed by atoms with van der Waals surface area (Å²) in [5, 5.41) is 12.1. The van der Waals surface area contributed by atoms with Gasteiger partial charge < -0.3 is 14.6 Å². The molecule has 0 atom stereocenters. The average molecular weight is 332 g/mol. The molecule has 0 unspecified atom stereocenters. The van der Waals surface area contributed by atoms with Gasteiger partial charge in [-0.05, 0) is 30.5 Å². The van der Waals surface area contributed by atoms with Crippen molar-refractivity contribution in [2.45, 2.75) is 30.5 Å². The van der Waals surface area contributed by atoms with E-state index in [1.165, 1.54) is 24.6 Å². The normalized spacial score (nSPS) is 13.8. The number of thioether (sulfide) groups is 1. The van der Waals surface area contributed by atoms with Crippen molar-refractivity contribution in [2.24, 2.45) is 7.05 Å². The Bertz CT molecular complexity index is 680. The first-order chi connectivity index (χ1) is 11.2. The molecular formula is C16H20N4O2S. The molecule has 1 aliphatic rings. The Kier molecular flexibility index (Phi) is 4.85. The van der Waals surface area contributed by atoms with Crippen molar-refractivity contribution < 1.29 is 9.53 Å². The molecule has 1 saturated carbocycles. The standard InChI is InChI=1S/C16H20N4O2S/c1-20-15(12-5-6-12)18-19-16(20)23-10-14(21)17-9-11-3-7-13(22-2)8-4-11/h3-4,7-8,12H,5-6,9-10H2,1-2H3,(H,17,21). The molecular weight excluding hydrogens is 312 g/mol. The van der Waals surface area contributed by atoms with Crippen molar-refractivity contribution in [2.75, 3.05) is 12.9 Å². The summed E-state index contributed by atoms with van der Waals surface area (Å²) in [6.07, 6.45) is 2.39. The summed E-state index contributed by atoms with van der Waals surface area (Å²) < 4.78 is 7.11. The van der Waals surface area contributed by atoms with Gasteiger partial charge in [-0.2, -0.15) is 0 Å². The first kappa shape index (κ1) is 15.9. The van der Waals surface area contributed by atoms with Crippen LogP contribution in [0.2, 0.25) is 0 Å². The number of aromatic nitrogens is 3. The molecule has 1 heterocycles. The Morgan fingerprint density at radius 2 is 2.09 bits per heavy atom. The molecule has 0 bridgehead atoms. The van der Waals surface area contributed by atoms with Crippen molar-refractivity contribution >= 4 is 17.7 Å². The maximum Gasteiger partial charge on any atom is 0.230 e. The number of amides is 1. The number of ether oxygens (including phenoxy) is 1. The summed E-state index contributed by atoms with van der Waals surface area (Å²) in [7, 11) is 3.60. The highest BCUT2D eigenvalue weighted by Crippen LogP contribution is 2.39. The van der Waals surface area contributed by atoms with Crippen LogP contribution in [0.25, 0.3) is 0 Å². The van der Waals surface area contributed by atoms with E-state index in [0.29, 0.717) is 18.2 Å². The fourth-order valence-corrected chi connectivity index (χ4v) is 3.02. The largest absolute Gasteiger partial charge is 0.497 e. The summed E-state index contributed by atoms with van der Waals surface area (Å²) in [6, 6.07) is 7.65. The Hall–Kier alpha value is -2.02. The van der Waals surface area contributed by atoms with Crippen LogP contribution in [0.5, 0.6) is 5.75 Å². The van der Waals surface area contributed by atoms with Crippen molar-refractivity contribution in [1.82, 2.24) is 20.1 Å².